The van der Waals surface area contributed by atoms with Crippen LogP contribution < -0.4 is 5.32 Å². The van der Waals surface area contributed by atoms with Crippen LogP contribution in [0.2, 0.25) is 0 Å². The number of aliphatic hydroxyl groups excluding tert-OH is 9. The van der Waals surface area contributed by atoms with E-state index in [9.17, 15) is 45.6 Å². The van der Waals surface area contributed by atoms with E-state index < -0.39 is 105 Å². The summed E-state index contributed by atoms with van der Waals surface area (Å²) in [6.07, 6.45) is -18.3. The predicted molar refractivity (Wildman–Crippen MR) is 108 cm³/mol. The lowest BCUT2D eigenvalue weighted by Gasteiger charge is -2.47. The largest absolute Gasteiger partial charge is 0.394 e. The summed E-state index contributed by atoms with van der Waals surface area (Å²) in [6, 6.07) is -1.31. The molecule has 15 nitrogen and oxygen atoms in total. The third-order valence-electron chi connectivity index (χ3n) is 5.73. The second-order valence-electron chi connectivity index (χ2n) is 8.37. The molecule has 2 fully saturated rings. The quantitative estimate of drug-likeness (QED) is 0.134. The molecule has 2 aliphatic rings. The van der Waals surface area contributed by atoms with Crippen molar-refractivity contribution in [2.45, 2.75) is 93.5 Å². The van der Waals surface area contributed by atoms with Crippen LogP contribution in [0.15, 0.2) is 0 Å². The van der Waals surface area contributed by atoms with Gasteiger partial charge in [-0.05, 0) is 6.92 Å². The van der Waals surface area contributed by atoms with Gasteiger partial charge in [0.05, 0.1) is 25.9 Å². The van der Waals surface area contributed by atoms with Gasteiger partial charge in [0.2, 0.25) is 5.91 Å². The Morgan fingerprint density at radius 2 is 1.59 bits per heavy atom. The first-order valence-corrected chi connectivity index (χ1v) is 10.8. The lowest BCUT2D eigenvalue weighted by atomic mass is 9.95. The number of carbonyl (C=O) groups is 1. The van der Waals surface area contributed by atoms with Crippen LogP contribution in [0.5, 0.6) is 0 Å². The van der Waals surface area contributed by atoms with E-state index in [4.69, 9.17) is 24.1 Å². The van der Waals surface area contributed by atoms with Crippen LogP contribution in [-0.4, -0.2) is 151 Å². The van der Waals surface area contributed by atoms with Crippen molar-refractivity contribution in [3.63, 3.8) is 0 Å². The van der Waals surface area contributed by atoms with Gasteiger partial charge in [0.15, 0.2) is 12.6 Å². The standard InChI is InChI=1S/C19H35NO14/c1-6-12(26)15(29)16(30)19(32-6)34-17-11(20-7(2)23)18(33-10(4-22)14(17)28)31-5-9(25)13(27)8(24)3-21/h6,8-19,21-22,24-30H,3-5H2,1-2H3,(H,20,23). The zero-order valence-corrected chi connectivity index (χ0v) is 18.7. The molecule has 2 saturated heterocycles. The van der Waals surface area contributed by atoms with E-state index in [-0.39, 0.29) is 0 Å². The fourth-order valence-corrected chi connectivity index (χ4v) is 3.70. The van der Waals surface area contributed by atoms with Gasteiger partial charge in [0.1, 0.15) is 61.0 Å². The first-order chi connectivity index (χ1) is 15.9. The molecule has 13 atom stereocenters. The van der Waals surface area contributed by atoms with Crippen molar-refractivity contribution in [1.29, 1.82) is 0 Å². The van der Waals surface area contributed by atoms with Crippen LogP contribution in [0, 0.1) is 0 Å². The molecule has 34 heavy (non-hydrogen) atoms. The third kappa shape index (κ3) is 6.79. The van der Waals surface area contributed by atoms with Crippen LogP contribution in [0.3, 0.4) is 0 Å². The van der Waals surface area contributed by atoms with Crippen molar-refractivity contribution in [1.82, 2.24) is 5.32 Å². The third-order valence-corrected chi connectivity index (χ3v) is 5.73. The van der Waals surface area contributed by atoms with Crippen LogP contribution in [0.25, 0.3) is 0 Å². The summed E-state index contributed by atoms with van der Waals surface area (Å²) < 4.78 is 21.9. The predicted octanol–water partition coefficient (Wildman–Crippen LogP) is -6.13. The van der Waals surface area contributed by atoms with E-state index >= 15 is 0 Å². The number of nitrogens with one attached hydrogen (secondary N) is 1. The maximum atomic E-state index is 11.8. The number of ether oxygens (including phenoxy) is 4. The Hall–Kier alpha value is -1.05. The summed E-state index contributed by atoms with van der Waals surface area (Å²) in [4.78, 5) is 11.8. The van der Waals surface area contributed by atoms with Crippen LogP contribution >= 0.6 is 0 Å². The molecule has 2 aliphatic heterocycles. The SMILES string of the molecule is CC(=O)NC1C(OCC(O)C(O)C(O)CO)OC(CO)C(O)C1OC1OC(C)C(O)C(O)C1O. The van der Waals surface area contributed by atoms with Gasteiger partial charge >= 0.3 is 0 Å². The molecular weight excluding hydrogens is 466 g/mol. The number of carbonyl (C=O) groups excluding carboxylic acids is 1. The molecule has 0 aromatic carbocycles. The topological polar surface area (TPSA) is 248 Å². The van der Waals surface area contributed by atoms with Gasteiger partial charge in [0.25, 0.3) is 0 Å². The van der Waals surface area contributed by atoms with Gasteiger partial charge in [-0.1, -0.05) is 0 Å². The highest BCUT2D eigenvalue weighted by Gasteiger charge is 2.51. The molecule has 0 spiro atoms. The molecule has 0 aromatic rings. The van der Waals surface area contributed by atoms with Gasteiger partial charge in [-0.2, -0.15) is 0 Å². The highest BCUT2D eigenvalue weighted by atomic mass is 16.7. The molecule has 0 radical (unpaired) electrons. The number of rotatable bonds is 10. The van der Waals surface area contributed by atoms with Gasteiger partial charge in [0, 0.05) is 6.92 Å². The Bertz CT molecular complexity index is 642. The Morgan fingerprint density at radius 3 is 2.15 bits per heavy atom. The lowest BCUT2D eigenvalue weighted by Crippen LogP contribution is -2.68. The fraction of sp³-hybridized carbons (Fsp3) is 0.947. The summed E-state index contributed by atoms with van der Waals surface area (Å²) in [5.41, 5.74) is 0. The van der Waals surface area contributed by atoms with Gasteiger partial charge < -0.3 is 70.2 Å². The van der Waals surface area contributed by atoms with Crippen LogP contribution in [0.1, 0.15) is 13.8 Å². The van der Waals surface area contributed by atoms with Crippen LogP contribution in [-0.2, 0) is 23.7 Å². The average molecular weight is 501 g/mol. The van der Waals surface area contributed by atoms with Crippen molar-refractivity contribution in [3.05, 3.63) is 0 Å². The first kappa shape index (κ1) is 29.2. The Morgan fingerprint density at radius 1 is 0.941 bits per heavy atom. The van der Waals surface area contributed by atoms with Crippen molar-refractivity contribution in [2.24, 2.45) is 0 Å². The summed E-state index contributed by atoms with van der Waals surface area (Å²) >= 11 is 0. The molecule has 0 bridgehead atoms. The highest BCUT2D eigenvalue weighted by molar-refractivity contribution is 5.73. The van der Waals surface area contributed by atoms with Gasteiger partial charge in [-0.15, -0.1) is 0 Å². The minimum absolute atomic E-state index is 0.615. The number of hydrogen-bond acceptors (Lipinski definition) is 14. The molecule has 15 heteroatoms. The van der Waals surface area contributed by atoms with E-state index in [1.54, 1.807) is 0 Å². The number of amides is 1. The fourth-order valence-electron chi connectivity index (χ4n) is 3.70. The molecule has 13 unspecified atom stereocenters. The Balaban J connectivity index is 2.23. The smallest absolute Gasteiger partial charge is 0.217 e. The Kier molecular flexibility index (Phi) is 11.0. The molecule has 0 aromatic heterocycles. The normalized spacial score (nSPS) is 41.5. The lowest BCUT2D eigenvalue weighted by molar-refractivity contribution is -0.342. The second-order valence-corrected chi connectivity index (χ2v) is 8.37. The minimum Gasteiger partial charge on any atom is -0.394 e. The highest BCUT2D eigenvalue weighted by Crippen LogP contribution is 2.29. The van der Waals surface area contributed by atoms with Crippen molar-refractivity contribution in [3.8, 4) is 0 Å². The van der Waals surface area contributed by atoms with E-state index in [0.29, 0.717) is 0 Å². The van der Waals surface area contributed by atoms with Gasteiger partial charge in [-0.25, -0.2) is 0 Å². The number of hydrogen-bond donors (Lipinski definition) is 10. The van der Waals surface area contributed by atoms with Gasteiger partial charge in [-0.3, -0.25) is 4.79 Å². The maximum absolute atomic E-state index is 11.8. The van der Waals surface area contributed by atoms with E-state index in [1.807, 2.05) is 0 Å². The summed E-state index contributed by atoms with van der Waals surface area (Å²) in [5.74, 6) is -0.615. The molecule has 0 saturated carbocycles. The summed E-state index contributed by atoms with van der Waals surface area (Å²) in [7, 11) is 0. The average Bonchev–Trinajstić information content (AvgIpc) is 2.80. The summed E-state index contributed by atoms with van der Waals surface area (Å²) in [5, 5.41) is 91.1. The van der Waals surface area contributed by atoms with Crippen LogP contribution in [0.4, 0.5) is 0 Å². The molecule has 2 heterocycles. The maximum Gasteiger partial charge on any atom is 0.217 e. The second kappa shape index (κ2) is 12.8. The van der Waals surface area contributed by atoms with E-state index in [1.165, 1.54) is 6.92 Å². The molecule has 1 amide bonds. The monoisotopic (exact) mass is 501 g/mol. The molecule has 10 N–H and O–H groups in total. The minimum atomic E-state index is -1.78. The van der Waals surface area contributed by atoms with E-state index in [0.717, 1.165) is 6.92 Å². The zero-order valence-electron chi connectivity index (χ0n) is 18.7. The zero-order chi connectivity index (χ0) is 25.7. The van der Waals surface area contributed by atoms with Crippen molar-refractivity contribution >= 4 is 5.91 Å². The molecule has 0 aliphatic carbocycles. The molecule has 200 valence electrons. The Labute approximate surface area is 195 Å². The number of aliphatic hydroxyl groups is 9. The van der Waals surface area contributed by atoms with E-state index in [2.05, 4.69) is 5.32 Å². The molecular formula is C19H35NO14. The van der Waals surface area contributed by atoms with Crippen molar-refractivity contribution in [2.75, 3.05) is 19.8 Å². The molecule has 2 rings (SSSR count). The van der Waals surface area contributed by atoms with Crippen molar-refractivity contribution < 1.29 is 69.7 Å². The first-order valence-electron chi connectivity index (χ1n) is 10.8. The summed E-state index contributed by atoms with van der Waals surface area (Å²) in [6.45, 7) is 0.336.